The molecule has 3 rings (SSSR count). The maximum Gasteiger partial charge on any atom is 0.251 e. The van der Waals surface area contributed by atoms with Gasteiger partial charge in [-0.2, -0.15) is 0 Å². The fraction of sp³-hybridized carbons (Fsp3) is 0.0556. The van der Waals surface area contributed by atoms with Gasteiger partial charge in [-0.15, -0.1) is 22.7 Å². The number of thiazole rings is 1. The number of aromatic nitrogens is 1. The SMILES string of the molecule is CNC(=O)c1ccc(/C=C/C(=O)Nc2nc(-c3cccs3)cs2)cc1. The lowest BCUT2D eigenvalue weighted by molar-refractivity contribution is -0.111. The summed E-state index contributed by atoms with van der Waals surface area (Å²) >= 11 is 3.00. The molecular weight excluding hydrogens is 354 g/mol. The molecular formula is C18H15N3O2S2. The Kier molecular flexibility index (Phi) is 5.37. The number of hydrogen-bond acceptors (Lipinski definition) is 5. The van der Waals surface area contributed by atoms with Crippen LogP contribution >= 0.6 is 22.7 Å². The first-order chi connectivity index (χ1) is 12.2. The van der Waals surface area contributed by atoms with Crippen LogP contribution in [-0.4, -0.2) is 23.8 Å². The van der Waals surface area contributed by atoms with Crippen molar-refractivity contribution in [3.63, 3.8) is 0 Å². The fourth-order valence-electron chi connectivity index (χ4n) is 2.08. The van der Waals surface area contributed by atoms with Gasteiger partial charge in [0.15, 0.2) is 5.13 Å². The molecule has 25 heavy (non-hydrogen) atoms. The van der Waals surface area contributed by atoms with Gasteiger partial charge >= 0.3 is 0 Å². The van der Waals surface area contributed by atoms with Gasteiger partial charge in [-0.1, -0.05) is 18.2 Å². The smallest absolute Gasteiger partial charge is 0.251 e. The highest BCUT2D eigenvalue weighted by Crippen LogP contribution is 2.28. The summed E-state index contributed by atoms with van der Waals surface area (Å²) in [6.45, 7) is 0. The molecule has 0 unspecified atom stereocenters. The van der Waals surface area contributed by atoms with Gasteiger partial charge in [0.05, 0.1) is 10.6 Å². The third-order valence-electron chi connectivity index (χ3n) is 3.34. The fourth-order valence-corrected chi connectivity index (χ4v) is 3.55. The molecule has 0 fully saturated rings. The van der Waals surface area contributed by atoms with Crippen LogP contribution in [0.15, 0.2) is 53.2 Å². The van der Waals surface area contributed by atoms with Crippen LogP contribution in [0, 0.1) is 0 Å². The van der Waals surface area contributed by atoms with Crippen molar-refractivity contribution in [3.05, 3.63) is 64.4 Å². The highest BCUT2D eigenvalue weighted by atomic mass is 32.1. The predicted molar refractivity (Wildman–Crippen MR) is 103 cm³/mol. The molecule has 0 radical (unpaired) electrons. The van der Waals surface area contributed by atoms with E-state index < -0.39 is 0 Å². The molecule has 0 aliphatic rings. The van der Waals surface area contributed by atoms with Crippen LogP contribution in [0.4, 0.5) is 5.13 Å². The number of benzene rings is 1. The molecule has 0 saturated carbocycles. The Balaban J connectivity index is 1.60. The molecule has 0 atom stereocenters. The second-order valence-electron chi connectivity index (χ2n) is 5.04. The van der Waals surface area contributed by atoms with Gasteiger partial charge in [0.2, 0.25) is 5.91 Å². The number of thiophene rings is 1. The second-order valence-corrected chi connectivity index (χ2v) is 6.84. The lowest BCUT2D eigenvalue weighted by Gasteiger charge is -2.00. The minimum absolute atomic E-state index is 0.140. The Morgan fingerprint density at radius 1 is 1.12 bits per heavy atom. The lowest BCUT2D eigenvalue weighted by Crippen LogP contribution is -2.17. The Morgan fingerprint density at radius 2 is 1.92 bits per heavy atom. The van der Waals surface area contributed by atoms with E-state index in [2.05, 4.69) is 15.6 Å². The Bertz CT molecular complexity index is 897. The average Bonchev–Trinajstić information content (AvgIpc) is 3.31. The summed E-state index contributed by atoms with van der Waals surface area (Å²) in [7, 11) is 1.59. The van der Waals surface area contributed by atoms with Crippen molar-refractivity contribution in [2.24, 2.45) is 0 Å². The summed E-state index contributed by atoms with van der Waals surface area (Å²) in [5.41, 5.74) is 2.28. The summed E-state index contributed by atoms with van der Waals surface area (Å²) in [6, 6.07) is 11.0. The van der Waals surface area contributed by atoms with E-state index in [1.807, 2.05) is 22.9 Å². The molecule has 5 nitrogen and oxygen atoms in total. The average molecular weight is 369 g/mol. The first kappa shape index (κ1) is 17.1. The molecule has 0 spiro atoms. The Labute approximate surface area is 153 Å². The maximum absolute atomic E-state index is 12.0. The van der Waals surface area contributed by atoms with E-state index in [4.69, 9.17) is 0 Å². The highest BCUT2D eigenvalue weighted by molar-refractivity contribution is 7.16. The molecule has 126 valence electrons. The molecule has 2 N–H and O–H groups in total. The zero-order valence-corrected chi connectivity index (χ0v) is 15.0. The van der Waals surface area contributed by atoms with Crippen molar-refractivity contribution in [3.8, 4) is 10.6 Å². The number of carbonyl (C=O) groups is 2. The van der Waals surface area contributed by atoms with Crippen molar-refractivity contribution in [1.82, 2.24) is 10.3 Å². The van der Waals surface area contributed by atoms with Crippen molar-refractivity contribution < 1.29 is 9.59 Å². The minimum atomic E-state index is -0.248. The molecule has 0 aliphatic carbocycles. The number of hydrogen-bond donors (Lipinski definition) is 2. The number of nitrogens with zero attached hydrogens (tertiary/aromatic N) is 1. The van der Waals surface area contributed by atoms with Crippen LogP contribution in [-0.2, 0) is 4.79 Å². The summed E-state index contributed by atoms with van der Waals surface area (Å²) in [4.78, 5) is 29.0. The zero-order valence-electron chi connectivity index (χ0n) is 13.4. The van der Waals surface area contributed by atoms with Crippen molar-refractivity contribution in [1.29, 1.82) is 0 Å². The molecule has 2 heterocycles. The molecule has 0 saturated heterocycles. The first-order valence-electron chi connectivity index (χ1n) is 7.46. The van der Waals surface area contributed by atoms with E-state index in [0.717, 1.165) is 16.1 Å². The van der Waals surface area contributed by atoms with Crippen molar-refractivity contribution >= 4 is 45.7 Å². The number of carbonyl (C=O) groups excluding carboxylic acids is 2. The normalized spacial score (nSPS) is 10.8. The summed E-state index contributed by atoms with van der Waals surface area (Å²) in [5.74, 6) is -0.388. The van der Waals surface area contributed by atoms with Gasteiger partial charge in [-0.05, 0) is 35.2 Å². The van der Waals surface area contributed by atoms with Gasteiger partial charge in [0, 0.05) is 24.1 Å². The van der Waals surface area contributed by atoms with Gasteiger partial charge in [0.1, 0.15) is 0 Å². The van der Waals surface area contributed by atoms with E-state index in [1.54, 1.807) is 48.7 Å². The van der Waals surface area contributed by atoms with Gasteiger partial charge < -0.3 is 5.32 Å². The third kappa shape index (κ3) is 4.40. The Hall–Kier alpha value is -2.77. The van der Waals surface area contributed by atoms with E-state index in [0.29, 0.717) is 10.7 Å². The number of amides is 2. The van der Waals surface area contributed by atoms with Crippen LogP contribution in [0.1, 0.15) is 15.9 Å². The van der Waals surface area contributed by atoms with Crippen LogP contribution < -0.4 is 10.6 Å². The molecule has 0 bridgehead atoms. The van der Waals surface area contributed by atoms with Crippen molar-refractivity contribution in [2.75, 3.05) is 12.4 Å². The summed E-state index contributed by atoms with van der Waals surface area (Å²) in [5, 5.41) is 9.79. The second kappa shape index (κ2) is 7.87. The third-order valence-corrected chi connectivity index (χ3v) is 4.99. The molecule has 7 heteroatoms. The standard InChI is InChI=1S/C18H15N3O2S2/c1-19-17(23)13-7-4-12(5-8-13)6-9-16(22)21-18-20-14(11-25-18)15-3-2-10-24-15/h2-11H,1H3,(H,19,23)(H,20,21,22)/b9-6+. The molecule has 2 aromatic heterocycles. The van der Waals surface area contributed by atoms with E-state index in [1.165, 1.54) is 17.4 Å². The van der Waals surface area contributed by atoms with Crippen LogP contribution in [0.5, 0.6) is 0 Å². The predicted octanol–water partition coefficient (Wildman–Crippen LogP) is 3.88. The van der Waals surface area contributed by atoms with Crippen LogP contribution in [0.25, 0.3) is 16.6 Å². The minimum Gasteiger partial charge on any atom is -0.355 e. The van der Waals surface area contributed by atoms with Crippen LogP contribution in [0.2, 0.25) is 0 Å². The van der Waals surface area contributed by atoms with Gasteiger partial charge in [-0.3, -0.25) is 14.9 Å². The summed E-state index contributed by atoms with van der Waals surface area (Å²) in [6.07, 6.45) is 3.14. The zero-order chi connectivity index (χ0) is 17.6. The van der Waals surface area contributed by atoms with E-state index in [9.17, 15) is 9.59 Å². The quantitative estimate of drug-likeness (QED) is 0.671. The summed E-state index contributed by atoms with van der Waals surface area (Å²) < 4.78 is 0. The van der Waals surface area contributed by atoms with E-state index in [-0.39, 0.29) is 11.8 Å². The Morgan fingerprint density at radius 3 is 2.60 bits per heavy atom. The van der Waals surface area contributed by atoms with Crippen LogP contribution in [0.3, 0.4) is 0 Å². The van der Waals surface area contributed by atoms with Gasteiger partial charge in [-0.25, -0.2) is 4.98 Å². The number of rotatable bonds is 5. The van der Waals surface area contributed by atoms with Gasteiger partial charge in [0.25, 0.3) is 5.91 Å². The maximum atomic E-state index is 12.0. The monoisotopic (exact) mass is 369 g/mol. The van der Waals surface area contributed by atoms with E-state index >= 15 is 0 Å². The number of nitrogens with one attached hydrogen (secondary N) is 2. The largest absolute Gasteiger partial charge is 0.355 e. The highest BCUT2D eigenvalue weighted by Gasteiger charge is 2.07. The molecule has 0 aliphatic heterocycles. The molecule has 1 aromatic carbocycles. The lowest BCUT2D eigenvalue weighted by atomic mass is 10.1. The number of anilines is 1. The topological polar surface area (TPSA) is 71.1 Å². The first-order valence-corrected chi connectivity index (χ1v) is 9.22. The molecule has 2 amide bonds. The van der Waals surface area contributed by atoms with Crippen molar-refractivity contribution in [2.45, 2.75) is 0 Å². The molecule has 3 aromatic rings.